The van der Waals surface area contributed by atoms with Crippen LogP contribution >= 0.6 is 11.6 Å². The zero-order chi connectivity index (χ0) is 11.5. The summed E-state index contributed by atoms with van der Waals surface area (Å²) in [5.41, 5.74) is 0. The lowest BCUT2D eigenvalue weighted by atomic mass is 10.2. The summed E-state index contributed by atoms with van der Waals surface area (Å²) >= 11 is 5.77. The number of halogens is 1. The first-order valence-corrected chi connectivity index (χ1v) is 5.79. The van der Waals surface area contributed by atoms with Crippen LogP contribution in [0.3, 0.4) is 0 Å². The molecule has 0 aromatic carbocycles. The molecule has 1 atom stereocenters. The van der Waals surface area contributed by atoms with Crippen LogP contribution in [0.4, 0.5) is 5.82 Å². The van der Waals surface area contributed by atoms with E-state index in [1.807, 2.05) is 0 Å². The molecule has 1 unspecified atom stereocenters. The highest BCUT2D eigenvalue weighted by atomic mass is 35.5. The summed E-state index contributed by atoms with van der Waals surface area (Å²) in [4.78, 5) is 7.75. The van der Waals surface area contributed by atoms with Gasteiger partial charge in [-0.05, 0) is 13.8 Å². The van der Waals surface area contributed by atoms with Crippen LogP contribution in [0.15, 0.2) is 25.0 Å². The van der Waals surface area contributed by atoms with Crippen LogP contribution in [0.5, 0.6) is 0 Å². The zero-order valence-electron chi connectivity index (χ0n) is 8.53. The van der Waals surface area contributed by atoms with Gasteiger partial charge in [-0.2, -0.15) is 0 Å². The monoisotopic (exact) mass is 245 g/mol. The van der Waals surface area contributed by atoms with Gasteiger partial charge in [0.05, 0.1) is 4.75 Å². The van der Waals surface area contributed by atoms with Gasteiger partial charge in [0, 0.05) is 12.4 Å². The number of hydrogen-bond donors (Lipinski definition) is 1. The highest BCUT2D eigenvalue weighted by Crippen LogP contribution is 2.20. The molecular weight excluding hydrogens is 234 g/mol. The number of nitrogens with one attached hydrogen (secondary N) is 1. The Morgan fingerprint density at radius 3 is 2.67 bits per heavy atom. The van der Waals surface area contributed by atoms with E-state index in [0.717, 1.165) is 0 Å². The van der Waals surface area contributed by atoms with Crippen LogP contribution in [0.2, 0.25) is 5.15 Å². The van der Waals surface area contributed by atoms with Gasteiger partial charge in [0.15, 0.2) is 11.0 Å². The van der Waals surface area contributed by atoms with E-state index in [2.05, 4.69) is 21.3 Å². The molecular formula is C9H12ClN3OS. The molecule has 0 amide bonds. The Balaban J connectivity index is 2.84. The van der Waals surface area contributed by atoms with Crippen LogP contribution in [-0.2, 0) is 11.0 Å². The molecule has 0 saturated heterocycles. The summed E-state index contributed by atoms with van der Waals surface area (Å²) in [6.07, 6.45) is 4.56. The third-order valence-corrected chi connectivity index (χ3v) is 3.59. The molecule has 1 heterocycles. The van der Waals surface area contributed by atoms with Crippen molar-refractivity contribution in [2.24, 2.45) is 0 Å². The Bertz CT molecular complexity index is 395. The normalized spacial score (nSPS) is 13.3. The predicted molar refractivity (Wildman–Crippen MR) is 63.1 cm³/mol. The van der Waals surface area contributed by atoms with E-state index < -0.39 is 15.7 Å². The van der Waals surface area contributed by atoms with Gasteiger partial charge in [0.2, 0.25) is 0 Å². The fraction of sp³-hybridized carbons (Fsp3) is 0.333. The van der Waals surface area contributed by atoms with Crippen molar-refractivity contribution in [1.29, 1.82) is 0 Å². The van der Waals surface area contributed by atoms with Crippen molar-refractivity contribution in [1.82, 2.24) is 9.97 Å². The molecule has 6 heteroatoms. The topological polar surface area (TPSA) is 54.9 Å². The molecule has 82 valence electrons. The van der Waals surface area contributed by atoms with Gasteiger partial charge in [0.25, 0.3) is 0 Å². The van der Waals surface area contributed by atoms with Gasteiger partial charge in [0.1, 0.15) is 11.0 Å². The summed E-state index contributed by atoms with van der Waals surface area (Å²) in [6.45, 7) is 7.21. The standard InChI is InChI=1S/C9H12ClN3OS/c1-4-9(2,3)15(14)13-8-7(10)11-5-6-12-8/h4-6H,1H2,2-3H3,(H,12,13). The number of aromatic nitrogens is 2. The third-order valence-electron chi connectivity index (χ3n) is 1.81. The van der Waals surface area contributed by atoms with Gasteiger partial charge in [-0.25, -0.2) is 14.2 Å². The second-order valence-corrected chi connectivity index (χ2v) is 5.53. The average molecular weight is 246 g/mol. The Hall–Kier alpha value is -0.940. The molecule has 1 N–H and O–H groups in total. The minimum absolute atomic E-state index is 0.200. The lowest BCUT2D eigenvalue weighted by molar-refractivity contribution is 0.667. The Kier molecular flexibility index (Phi) is 3.82. The fourth-order valence-electron chi connectivity index (χ4n) is 0.685. The molecule has 15 heavy (non-hydrogen) atoms. The van der Waals surface area contributed by atoms with Gasteiger partial charge < -0.3 is 0 Å². The molecule has 0 aliphatic rings. The SMILES string of the molecule is C=CC(C)(C)S(=O)Nc1nccnc1Cl. The molecule has 4 nitrogen and oxygen atoms in total. The van der Waals surface area contributed by atoms with Crippen LogP contribution in [0.25, 0.3) is 0 Å². The maximum absolute atomic E-state index is 11.8. The van der Waals surface area contributed by atoms with E-state index in [-0.39, 0.29) is 5.15 Å². The molecule has 0 fully saturated rings. The number of nitrogens with zero attached hydrogens (tertiary/aromatic N) is 2. The van der Waals surface area contributed by atoms with E-state index in [0.29, 0.717) is 5.82 Å². The van der Waals surface area contributed by atoms with Gasteiger partial charge in [-0.3, -0.25) is 4.72 Å². The quantitative estimate of drug-likeness (QED) is 0.828. The first kappa shape index (κ1) is 12.1. The lowest BCUT2D eigenvalue weighted by Gasteiger charge is -2.19. The summed E-state index contributed by atoms with van der Waals surface area (Å²) in [6, 6.07) is 0. The molecule has 1 rings (SSSR count). The van der Waals surface area contributed by atoms with Crippen LogP contribution in [0.1, 0.15) is 13.8 Å². The minimum atomic E-state index is -1.35. The van der Waals surface area contributed by atoms with Crippen LogP contribution < -0.4 is 4.72 Å². The van der Waals surface area contributed by atoms with Crippen molar-refractivity contribution in [3.63, 3.8) is 0 Å². The first-order valence-electron chi connectivity index (χ1n) is 4.26. The molecule has 0 radical (unpaired) electrons. The molecule has 0 saturated carbocycles. The molecule has 0 bridgehead atoms. The molecule has 1 aromatic rings. The maximum Gasteiger partial charge on any atom is 0.175 e. The first-order chi connectivity index (χ1) is 6.97. The third kappa shape index (κ3) is 3.00. The highest BCUT2D eigenvalue weighted by Gasteiger charge is 2.23. The van der Waals surface area contributed by atoms with Crippen molar-refractivity contribution in [2.45, 2.75) is 18.6 Å². The summed E-state index contributed by atoms with van der Waals surface area (Å²) < 4.78 is 14.0. The predicted octanol–water partition coefficient (Wildman–Crippen LogP) is 2.17. The largest absolute Gasteiger partial charge is 0.286 e. The Labute approximate surface area is 96.4 Å². The molecule has 0 aliphatic carbocycles. The van der Waals surface area contributed by atoms with Gasteiger partial charge in [-0.1, -0.05) is 17.7 Å². The van der Waals surface area contributed by atoms with Crippen molar-refractivity contribution in [2.75, 3.05) is 4.72 Å². The van der Waals surface area contributed by atoms with E-state index in [1.165, 1.54) is 12.4 Å². The Morgan fingerprint density at radius 2 is 2.13 bits per heavy atom. The fourth-order valence-corrected chi connectivity index (χ4v) is 1.63. The van der Waals surface area contributed by atoms with Crippen LogP contribution in [-0.4, -0.2) is 18.9 Å². The second-order valence-electron chi connectivity index (χ2n) is 3.37. The minimum Gasteiger partial charge on any atom is -0.286 e. The van der Waals surface area contributed by atoms with E-state index in [1.54, 1.807) is 19.9 Å². The average Bonchev–Trinajstić information content (AvgIpc) is 2.21. The van der Waals surface area contributed by atoms with Crippen molar-refractivity contribution >= 4 is 28.4 Å². The van der Waals surface area contributed by atoms with Gasteiger partial charge in [-0.15, -0.1) is 6.58 Å². The Morgan fingerprint density at radius 1 is 1.53 bits per heavy atom. The molecule has 0 spiro atoms. The lowest BCUT2D eigenvalue weighted by Crippen LogP contribution is -2.29. The molecule has 1 aromatic heterocycles. The van der Waals surface area contributed by atoms with Crippen molar-refractivity contribution in [3.05, 3.63) is 30.2 Å². The number of anilines is 1. The van der Waals surface area contributed by atoms with E-state index >= 15 is 0 Å². The highest BCUT2D eigenvalue weighted by molar-refractivity contribution is 7.87. The van der Waals surface area contributed by atoms with Gasteiger partial charge >= 0.3 is 0 Å². The van der Waals surface area contributed by atoms with E-state index in [4.69, 9.17) is 11.6 Å². The summed E-state index contributed by atoms with van der Waals surface area (Å²) in [5.74, 6) is 0.312. The van der Waals surface area contributed by atoms with E-state index in [9.17, 15) is 4.21 Å². The van der Waals surface area contributed by atoms with Crippen LogP contribution in [0, 0.1) is 0 Å². The summed E-state index contributed by atoms with van der Waals surface area (Å²) in [7, 11) is -1.35. The molecule has 0 aliphatic heterocycles. The number of hydrogen-bond acceptors (Lipinski definition) is 3. The van der Waals surface area contributed by atoms with Crippen molar-refractivity contribution in [3.8, 4) is 0 Å². The smallest absolute Gasteiger partial charge is 0.175 e. The maximum atomic E-state index is 11.8. The second kappa shape index (κ2) is 4.72. The number of rotatable bonds is 4. The summed E-state index contributed by atoms with van der Waals surface area (Å²) in [5, 5.41) is 0.200. The zero-order valence-corrected chi connectivity index (χ0v) is 10.1. The van der Waals surface area contributed by atoms with Crippen molar-refractivity contribution < 1.29 is 4.21 Å².